The molecular formula is C17H37IN4O. The molecule has 138 valence electrons. The molecule has 0 unspecified atom stereocenters. The highest BCUT2D eigenvalue weighted by atomic mass is 127. The van der Waals surface area contributed by atoms with Gasteiger partial charge in [0.1, 0.15) is 0 Å². The highest BCUT2D eigenvalue weighted by Gasteiger charge is 2.16. The zero-order chi connectivity index (χ0) is 17.4. The Hall–Kier alpha value is -0.530. The van der Waals surface area contributed by atoms with E-state index in [4.69, 9.17) is 0 Å². The lowest BCUT2D eigenvalue weighted by molar-refractivity contribution is -0.122. The predicted octanol–water partition coefficient (Wildman–Crippen LogP) is 3.24. The van der Waals surface area contributed by atoms with Crippen LogP contribution >= 0.6 is 24.0 Å². The van der Waals surface area contributed by atoms with Gasteiger partial charge in [0.2, 0.25) is 5.91 Å². The number of halogens is 1. The molecule has 0 saturated carbocycles. The van der Waals surface area contributed by atoms with Crippen LogP contribution in [-0.2, 0) is 4.79 Å². The lowest BCUT2D eigenvalue weighted by Crippen LogP contribution is -2.48. The standard InChI is InChI=1S/C17H36N4O.HI/c1-9-18-15(19-12-10-11-16(2,3)4)21(8)13-14(22)20-17(5,6)7;/h9-13H2,1-8H3,(H,18,19)(H,20,22);1H. The van der Waals surface area contributed by atoms with E-state index in [0.717, 1.165) is 31.9 Å². The molecule has 0 aliphatic carbocycles. The van der Waals surface area contributed by atoms with E-state index in [1.54, 1.807) is 0 Å². The van der Waals surface area contributed by atoms with Crippen LogP contribution in [0.1, 0.15) is 61.3 Å². The molecule has 0 saturated heterocycles. The summed E-state index contributed by atoms with van der Waals surface area (Å²) in [6.07, 6.45) is 2.20. The summed E-state index contributed by atoms with van der Waals surface area (Å²) in [5.41, 5.74) is 0.131. The number of carbonyl (C=O) groups excluding carboxylic acids is 1. The molecule has 6 heteroatoms. The van der Waals surface area contributed by atoms with Gasteiger partial charge in [-0.2, -0.15) is 0 Å². The Morgan fingerprint density at radius 3 is 2.13 bits per heavy atom. The van der Waals surface area contributed by atoms with Gasteiger partial charge in [-0.25, -0.2) is 0 Å². The summed E-state index contributed by atoms with van der Waals surface area (Å²) in [6, 6.07) is 0. The van der Waals surface area contributed by atoms with Gasteiger partial charge >= 0.3 is 0 Å². The number of amides is 1. The SMILES string of the molecule is CCNC(=NCCCC(C)(C)C)N(C)CC(=O)NC(C)(C)C.I. The van der Waals surface area contributed by atoms with Gasteiger partial charge in [-0.15, -0.1) is 24.0 Å². The minimum atomic E-state index is -0.208. The molecule has 0 bridgehead atoms. The number of nitrogens with zero attached hydrogens (tertiary/aromatic N) is 2. The van der Waals surface area contributed by atoms with E-state index in [0.29, 0.717) is 12.0 Å². The van der Waals surface area contributed by atoms with Crippen molar-refractivity contribution in [2.45, 2.75) is 66.8 Å². The molecule has 0 spiro atoms. The Morgan fingerprint density at radius 2 is 1.70 bits per heavy atom. The van der Waals surface area contributed by atoms with Crippen molar-refractivity contribution in [3.05, 3.63) is 0 Å². The molecule has 0 aromatic heterocycles. The number of carbonyl (C=O) groups is 1. The minimum absolute atomic E-state index is 0. The van der Waals surface area contributed by atoms with Gasteiger partial charge in [-0.1, -0.05) is 20.8 Å². The van der Waals surface area contributed by atoms with Gasteiger partial charge in [0.15, 0.2) is 5.96 Å². The van der Waals surface area contributed by atoms with Crippen molar-refractivity contribution in [1.29, 1.82) is 0 Å². The number of nitrogens with one attached hydrogen (secondary N) is 2. The van der Waals surface area contributed by atoms with Crippen molar-refractivity contribution in [1.82, 2.24) is 15.5 Å². The van der Waals surface area contributed by atoms with E-state index in [-0.39, 0.29) is 35.4 Å². The summed E-state index contributed by atoms with van der Waals surface area (Å²) in [4.78, 5) is 18.5. The van der Waals surface area contributed by atoms with Crippen LogP contribution in [0.25, 0.3) is 0 Å². The molecule has 0 atom stereocenters. The van der Waals surface area contributed by atoms with Crippen molar-refractivity contribution in [3.8, 4) is 0 Å². The Bertz CT molecular complexity index is 370. The molecule has 0 fully saturated rings. The Kier molecular flexibility index (Phi) is 11.9. The average Bonchev–Trinajstić information content (AvgIpc) is 2.29. The summed E-state index contributed by atoms with van der Waals surface area (Å²) >= 11 is 0. The normalized spacial score (nSPS) is 12.4. The topological polar surface area (TPSA) is 56.7 Å². The maximum atomic E-state index is 12.0. The summed E-state index contributed by atoms with van der Waals surface area (Å²) in [5.74, 6) is 0.802. The number of guanidine groups is 1. The fourth-order valence-corrected chi connectivity index (χ4v) is 2.01. The molecular weight excluding hydrogens is 403 g/mol. The van der Waals surface area contributed by atoms with E-state index < -0.39 is 0 Å². The van der Waals surface area contributed by atoms with Crippen LogP contribution in [0.5, 0.6) is 0 Å². The first-order valence-electron chi connectivity index (χ1n) is 8.25. The summed E-state index contributed by atoms with van der Waals surface area (Å²) in [5, 5.41) is 6.21. The van der Waals surface area contributed by atoms with Crippen molar-refractivity contribution < 1.29 is 4.79 Å². The van der Waals surface area contributed by atoms with Crippen LogP contribution < -0.4 is 10.6 Å². The first kappa shape index (κ1) is 24.7. The Morgan fingerprint density at radius 1 is 1.13 bits per heavy atom. The number of likely N-dealkylation sites (N-methyl/N-ethyl adjacent to an activating group) is 1. The summed E-state index contributed by atoms with van der Waals surface area (Å²) in [7, 11) is 1.90. The van der Waals surface area contributed by atoms with Crippen LogP contribution in [-0.4, -0.2) is 49.0 Å². The van der Waals surface area contributed by atoms with Crippen LogP contribution in [0.3, 0.4) is 0 Å². The van der Waals surface area contributed by atoms with E-state index in [1.165, 1.54) is 0 Å². The third kappa shape index (κ3) is 14.8. The van der Waals surface area contributed by atoms with Gasteiger partial charge in [0.25, 0.3) is 0 Å². The lowest BCUT2D eigenvalue weighted by Gasteiger charge is -2.25. The third-order valence-electron chi connectivity index (χ3n) is 2.94. The molecule has 0 rings (SSSR count). The molecule has 0 aliphatic rings. The van der Waals surface area contributed by atoms with Crippen LogP contribution in [0, 0.1) is 5.41 Å². The fourth-order valence-electron chi connectivity index (χ4n) is 2.01. The second-order valence-electron chi connectivity index (χ2n) is 8.05. The van der Waals surface area contributed by atoms with Gasteiger partial charge < -0.3 is 15.5 Å². The monoisotopic (exact) mass is 440 g/mol. The Labute approximate surface area is 160 Å². The maximum Gasteiger partial charge on any atom is 0.240 e. The van der Waals surface area contributed by atoms with Crippen molar-refractivity contribution in [2.75, 3.05) is 26.7 Å². The second-order valence-corrected chi connectivity index (χ2v) is 8.05. The average molecular weight is 440 g/mol. The first-order chi connectivity index (χ1) is 9.94. The lowest BCUT2D eigenvalue weighted by atomic mass is 9.91. The quantitative estimate of drug-likeness (QED) is 0.289. The maximum absolute atomic E-state index is 12.0. The van der Waals surface area contributed by atoms with Gasteiger partial charge in [-0.3, -0.25) is 9.79 Å². The minimum Gasteiger partial charge on any atom is -0.357 e. The van der Waals surface area contributed by atoms with Crippen LogP contribution in [0.4, 0.5) is 0 Å². The van der Waals surface area contributed by atoms with Crippen molar-refractivity contribution in [3.63, 3.8) is 0 Å². The van der Waals surface area contributed by atoms with E-state index >= 15 is 0 Å². The largest absolute Gasteiger partial charge is 0.357 e. The molecule has 2 N–H and O–H groups in total. The number of aliphatic imine (C=N–C) groups is 1. The molecule has 1 amide bonds. The van der Waals surface area contributed by atoms with Crippen molar-refractivity contribution >= 4 is 35.8 Å². The highest BCUT2D eigenvalue weighted by molar-refractivity contribution is 14.0. The van der Waals surface area contributed by atoms with Gasteiger partial charge in [0, 0.05) is 25.7 Å². The molecule has 0 aromatic carbocycles. The molecule has 0 heterocycles. The molecule has 5 nitrogen and oxygen atoms in total. The third-order valence-corrected chi connectivity index (χ3v) is 2.94. The van der Waals surface area contributed by atoms with Crippen LogP contribution in [0.2, 0.25) is 0 Å². The van der Waals surface area contributed by atoms with Gasteiger partial charge in [-0.05, 0) is 46.0 Å². The molecule has 0 aliphatic heterocycles. The predicted molar refractivity (Wildman–Crippen MR) is 111 cm³/mol. The van der Waals surface area contributed by atoms with Gasteiger partial charge in [0.05, 0.1) is 6.54 Å². The molecule has 23 heavy (non-hydrogen) atoms. The molecule has 0 aromatic rings. The zero-order valence-corrected chi connectivity index (χ0v) is 18.6. The Balaban J connectivity index is 0. The second kappa shape index (κ2) is 11.1. The molecule has 0 radical (unpaired) electrons. The van der Waals surface area contributed by atoms with Crippen molar-refractivity contribution in [2.24, 2.45) is 10.4 Å². The van der Waals surface area contributed by atoms with Crippen LogP contribution in [0.15, 0.2) is 4.99 Å². The first-order valence-corrected chi connectivity index (χ1v) is 8.25. The van der Waals surface area contributed by atoms with E-state index in [9.17, 15) is 4.79 Å². The summed E-state index contributed by atoms with van der Waals surface area (Å²) in [6.45, 7) is 16.6. The van der Waals surface area contributed by atoms with E-state index in [1.807, 2.05) is 39.6 Å². The smallest absolute Gasteiger partial charge is 0.240 e. The zero-order valence-electron chi connectivity index (χ0n) is 16.2. The number of hydrogen-bond acceptors (Lipinski definition) is 2. The fraction of sp³-hybridized carbons (Fsp3) is 0.882. The summed E-state index contributed by atoms with van der Waals surface area (Å²) < 4.78 is 0. The highest BCUT2D eigenvalue weighted by Crippen LogP contribution is 2.20. The number of rotatable bonds is 6. The van der Waals surface area contributed by atoms with E-state index in [2.05, 4.69) is 36.4 Å². The number of hydrogen-bond donors (Lipinski definition) is 2.